The van der Waals surface area contributed by atoms with Gasteiger partial charge in [-0.1, -0.05) is 13.8 Å². The van der Waals surface area contributed by atoms with Crippen LogP contribution in [0.25, 0.3) is 0 Å². The Hall–Kier alpha value is -0.0800. The molecule has 0 amide bonds. The van der Waals surface area contributed by atoms with Gasteiger partial charge in [-0.05, 0) is 43.7 Å². The molecule has 2 nitrogen and oxygen atoms in total. The molecular weight excluding hydrogens is 150 g/mol. The van der Waals surface area contributed by atoms with Crippen molar-refractivity contribution in [2.75, 3.05) is 19.7 Å². The number of aliphatic hydroxyl groups excluding tert-OH is 1. The van der Waals surface area contributed by atoms with Crippen molar-refractivity contribution in [3.8, 4) is 0 Å². The average Bonchev–Trinajstić information content (AvgIpc) is 2.07. The Labute approximate surface area is 75.4 Å². The molecule has 1 aliphatic heterocycles. The number of hydrogen-bond donors (Lipinski definition) is 2. The Balaban J connectivity index is 2.40. The van der Waals surface area contributed by atoms with E-state index in [2.05, 4.69) is 19.2 Å². The van der Waals surface area contributed by atoms with E-state index in [1.165, 1.54) is 12.8 Å². The second kappa shape index (κ2) is 4.83. The van der Waals surface area contributed by atoms with Gasteiger partial charge in [-0.3, -0.25) is 0 Å². The van der Waals surface area contributed by atoms with E-state index in [0.717, 1.165) is 13.1 Å². The minimum atomic E-state index is 0.351. The van der Waals surface area contributed by atoms with Crippen molar-refractivity contribution in [1.82, 2.24) is 5.32 Å². The lowest BCUT2D eigenvalue weighted by Gasteiger charge is -2.32. The Morgan fingerprint density at radius 1 is 1.50 bits per heavy atom. The second-order valence-corrected chi connectivity index (χ2v) is 4.20. The first kappa shape index (κ1) is 10.0. The van der Waals surface area contributed by atoms with Gasteiger partial charge in [0.2, 0.25) is 0 Å². The molecule has 2 unspecified atom stereocenters. The van der Waals surface area contributed by atoms with E-state index in [9.17, 15) is 5.11 Å². The highest BCUT2D eigenvalue weighted by molar-refractivity contribution is 4.77. The second-order valence-electron chi connectivity index (χ2n) is 4.20. The molecular formula is C10H21NO. The van der Waals surface area contributed by atoms with Crippen LogP contribution in [0.15, 0.2) is 0 Å². The first-order chi connectivity index (χ1) is 5.75. The molecule has 1 saturated heterocycles. The summed E-state index contributed by atoms with van der Waals surface area (Å²) in [6, 6.07) is 0. The lowest BCUT2D eigenvalue weighted by Crippen LogP contribution is -2.37. The predicted octanol–water partition coefficient (Wildman–Crippen LogP) is 1.25. The molecule has 1 rings (SSSR count). The Morgan fingerprint density at radius 3 is 2.67 bits per heavy atom. The van der Waals surface area contributed by atoms with Gasteiger partial charge in [-0.2, -0.15) is 0 Å². The van der Waals surface area contributed by atoms with Gasteiger partial charge >= 0.3 is 0 Å². The van der Waals surface area contributed by atoms with Crippen LogP contribution in [-0.2, 0) is 0 Å². The summed E-state index contributed by atoms with van der Waals surface area (Å²) in [6.45, 7) is 7.02. The van der Waals surface area contributed by atoms with Gasteiger partial charge in [0.05, 0.1) is 0 Å². The van der Waals surface area contributed by atoms with Crippen LogP contribution >= 0.6 is 0 Å². The van der Waals surface area contributed by atoms with E-state index in [-0.39, 0.29) is 0 Å². The largest absolute Gasteiger partial charge is 0.396 e. The first-order valence-electron chi connectivity index (χ1n) is 5.07. The van der Waals surface area contributed by atoms with Gasteiger partial charge in [0.15, 0.2) is 0 Å². The molecule has 0 saturated carbocycles. The molecule has 2 atom stereocenters. The molecule has 0 aromatic rings. The van der Waals surface area contributed by atoms with Gasteiger partial charge in [-0.25, -0.2) is 0 Å². The molecule has 1 heterocycles. The summed E-state index contributed by atoms with van der Waals surface area (Å²) in [4.78, 5) is 0. The first-order valence-corrected chi connectivity index (χ1v) is 5.07. The van der Waals surface area contributed by atoms with Crippen LogP contribution in [-0.4, -0.2) is 24.8 Å². The van der Waals surface area contributed by atoms with Gasteiger partial charge in [-0.15, -0.1) is 0 Å². The normalized spacial score (nSPS) is 27.5. The summed E-state index contributed by atoms with van der Waals surface area (Å²) in [5, 5.41) is 12.6. The summed E-state index contributed by atoms with van der Waals surface area (Å²) >= 11 is 0. The molecule has 1 aliphatic rings. The van der Waals surface area contributed by atoms with Crippen LogP contribution in [0.3, 0.4) is 0 Å². The molecule has 2 N–H and O–H groups in total. The third-order valence-electron chi connectivity index (χ3n) is 3.01. The van der Waals surface area contributed by atoms with Crippen LogP contribution in [0.4, 0.5) is 0 Å². The lowest BCUT2D eigenvalue weighted by molar-refractivity contribution is 0.118. The molecule has 2 heteroatoms. The molecule has 12 heavy (non-hydrogen) atoms. The fraction of sp³-hybridized carbons (Fsp3) is 1.00. The molecule has 0 aromatic carbocycles. The standard InChI is InChI=1S/C10H21NO/c1-8(2)10(7-12)9-4-3-5-11-6-9/h8-12H,3-7H2,1-2H3. The van der Waals surface area contributed by atoms with Gasteiger partial charge in [0, 0.05) is 6.61 Å². The van der Waals surface area contributed by atoms with Gasteiger partial charge in [0.1, 0.15) is 0 Å². The topological polar surface area (TPSA) is 32.3 Å². The van der Waals surface area contributed by atoms with E-state index >= 15 is 0 Å². The number of aliphatic hydroxyl groups is 1. The summed E-state index contributed by atoms with van der Waals surface area (Å²) in [6.07, 6.45) is 2.56. The Morgan fingerprint density at radius 2 is 2.25 bits per heavy atom. The minimum absolute atomic E-state index is 0.351. The summed E-state index contributed by atoms with van der Waals surface area (Å²) in [5.74, 6) is 1.81. The van der Waals surface area contributed by atoms with Crippen LogP contribution in [0.1, 0.15) is 26.7 Å². The van der Waals surface area contributed by atoms with Crippen molar-refractivity contribution >= 4 is 0 Å². The summed E-state index contributed by atoms with van der Waals surface area (Å²) in [7, 11) is 0. The van der Waals surface area contributed by atoms with Crippen LogP contribution < -0.4 is 5.32 Å². The highest BCUT2D eigenvalue weighted by atomic mass is 16.3. The molecule has 1 fully saturated rings. The predicted molar refractivity (Wildman–Crippen MR) is 51.0 cm³/mol. The zero-order valence-electron chi connectivity index (χ0n) is 8.21. The molecule has 0 bridgehead atoms. The van der Waals surface area contributed by atoms with Crippen LogP contribution in [0, 0.1) is 17.8 Å². The molecule has 72 valence electrons. The third kappa shape index (κ3) is 2.46. The van der Waals surface area contributed by atoms with Crippen molar-refractivity contribution in [2.45, 2.75) is 26.7 Å². The summed E-state index contributed by atoms with van der Waals surface area (Å²) in [5.41, 5.74) is 0. The quantitative estimate of drug-likeness (QED) is 0.670. The maximum absolute atomic E-state index is 9.22. The smallest absolute Gasteiger partial charge is 0.0464 e. The lowest BCUT2D eigenvalue weighted by atomic mass is 9.80. The molecule has 0 radical (unpaired) electrons. The molecule has 0 aliphatic carbocycles. The van der Waals surface area contributed by atoms with E-state index in [0.29, 0.717) is 24.4 Å². The van der Waals surface area contributed by atoms with Crippen molar-refractivity contribution in [1.29, 1.82) is 0 Å². The van der Waals surface area contributed by atoms with E-state index in [1.807, 2.05) is 0 Å². The van der Waals surface area contributed by atoms with Crippen LogP contribution in [0.5, 0.6) is 0 Å². The molecule has 0 spiro atoms. The van der Waals surface area contributed by atoms with Crippen molar-refractivity contribution in [2.24, 2.45) is 17.8 Å². The zero-order chi connectivity index (χ0) is 8.97. The fourth-order valence-corrected chi connectivity index (χ4v) is 2.15. The Bertz CT molecular complexity index is 119. The van der Waals surface area contributed by atoms with E-state index in [4.69, 9.17) is 0 Å². The van der Waals surface area contributed by atoms with Crippen molar-refractivity contribution in [3.63, 3.8) is 0 Å². The molecule has 0 aromatic heterocycles. The maximum atomic E-state index is 9.22. The number of piperidine rings is 1. The van der Waals surface area contributed by atoms with Gasteiger partial charge < -0.3 is 10.4 Å². The van der Waals surface area contributed by atoms with Gasteiger partial charge in [0.25, 0.3) is 0 Å². The fourth-order valence-electron chi connectivity index (χ4n) is 2.15. The maximum Gasteiger partial charge on any atom is 0.0464 e. The SMILES string of the molecule is CC(C)C(CO)C1CCCNC1. The van der Waals surface area contributed by atoms with E-state index in [1.54, 1.807) is 0 Å². The minimum Gasteiger partial charge on any atom is -0.396 e. The zero-order valence-corrected chi connectivity index (χ0v) is 8.21. The highest BCUT2D eigenvalue weighted by Crippen LogP contribution is 2.25. The van der Waals surface area contributed by atoms with Crippen LogP contribution in [0.2, 0.25) is 0 Å². The van der Waals surface area contributed by atoms with E-state index < -0.39 is 0 Å². The average molecular weight is 171 g/mol. The highest BCUT2D eigenvalue weighted by Gasteiger charge is 2.24. The number of nitrogens with one attached hydrogen (secondary N) is 1. The number of rotatable bonds is 3. The van der Waals surface area contributed by atoms with Crippen molar-refractivity contribution < 1.29 is 5.11 Å². The monoisotopic (exact) mass is 171 g/mol. The number of hydrogen-bond acceptors (Lipinski definition) is 2. The Kier molecular flexibility index (Phi) is 4.02. The van der Waals surface area contributed by atoms with Crippen molar-refractivity contribution in [3.05, 3.63) is 0 Å². The third-order valence-corrected chi connectivity index (χ3v) is 3.01. The summed E-state index contributed by atoms with van der Waals surface area (Å²) < 4.78 is 0.